The van der Waals surface area contributed by atoms with E-state index in [1.54, 1.807) is 11.0 Å². The molecule has 4 nitrogen and oxygen atoms in total. The number of aryl methyl sites for hydroxylation is 1. The number of nitrogens with one attached hydrogen (secondary N) is 1. The molecule has 2 unspecified atom stereocenters. The Morgan fingerprint density at radius 1 is 1.24 bits per heavy atom. The maximum atomic E-state index is 12.4. The first kappa shape index (κ1) is 16.0. The molecule has 1 aromatic carbocycles. The summed E-state index contributed by atoms with van der Waals surface area (Å²) in [5, 5.41) is 2.70. The number of anilines is 1. The van der Waals surface area contributed by atoms with Gasteiger partial charge < -0.3 is 10.2 Å². The molecule has 21 heavy (non-hydrogen) atoms. The van der Waals surface area contributed by atoms with Gasteiger partial charge in [-0.05, 0) is 73.7 Å². The van der Waals surface area contributed by atoms with Crippen LogP contribution in [0.3, 0.4) is 0 Å². The first-order valence-electron chi connectivity index (χ1n) is 7.30. The van der Waals surface area contributed by atoms with Crippen LogP contribution in [0.25, 0.3) is 0 Å². The second-order valence-electron chi connectivity index (χ2n) is 5.78. The number of likely N-dealkylation sites (tertiary alicyclic amines) is 1. The van der Waals surface area contributed by atoms with E-state index in [0.29, 0.717) is 5.69 Å². The SMILES string of the molecule is Cc1ccc(NC(=O)C(=O)N2C(C)CCCC2C)c(Br)c1. The molecule has 1 saturated heterocycles. The summed E-state index contributed by atoms with van der Waals surface area (Å²) in [6, 6.07) is 5.85. The van der Waals surface area contributed by atoms with Gasteiger partial charge in [-0.15, -0.1) is 0 Å². The van der Waals surface area contributed by atoms with Gasteiger partial charge in [0.25, 0.3) is 0 Å². The van der Waals surface area contributed by atoms with E-state index in [9.17, 15) is 9.59 Å². The molecule has 0 bridgehead atoms. The van der Waals surface area contributed by atoms with Crippen LogP contribution in [-0.2, 0) is 9.59 Å². The van der Waals surface area contributed by atoms with Crippen molar-refractivity contribution in [3.63, 3.8) is 0 Å². The van der Waals surface area contributed by atoms with Crippen molar-refractivity contribution in [2.75, 3.05) is 5.32 Å². The number of carbonyl (C=O) groups is 2. The summed E-state index contributed by atoms with van der Waals surface area (Å²) in [5.74, 6) is -1.01. The Morgan fingerprint density at radius 3 is 2.43 bits per heavy atom. The standard InChI is InChI=1S/C16H21BrN2O2/c1-10-7-8-14(13(17)9-10)18-15(20)16(21)19-11(2)5-4-6-12(19)3/h7-9,11-12H,4-6H2,1-3H3,(H,18,20). The number of amides is 2. The Bertz CT molecular complexity index is 549. The molecule has 0 aliphatic carbocycles. The number of rotatable bonds is 1. The highest BCUT2D eigenvalue weighted by atomic mass is 79.9. The average Bonchev–Trinajstić information content (AvgIpc) is 2.41. The Kier molecular flexibility index (Phi) is 5.04. The fraction of sp³-hybridized carbons (Fsp3) is 0.500. The van der Waals surface area contributed by atoms with E-state index < -0.39 is 11.8 Å². The quantitative estimate of drug-likeness (QED) is 0.786. The van der Waals surface area contributed by atoms with Gasteiger partial charge in [-0.25, -0.2) is 0 Å². The van der Waals surface area contributed by atoms with Crippen LogP contribution in [0.2, 0.25) is 0 Å². The molecule has 2 rings (SSSR count). The van der Waals surface area contributed by atoms with Crippen LogP contribution in [0.1, 0.15) is 38.7 Å². The molecule has 0 saturated carbocycles. The maximum Gasteiger partial charge on any atom is 0.313 e. The zero-order valence-corrected chi connectivity index (χ0v) is 14.2. The minimum absolute atomic E-state index is 0.119. The van der Waals surface area contributed by atoms with E-state index >= 15 is 0 Å². The number of hydrogen-bond donors (Lipinski definition) is 1. The molecule has 0 aromatic heterocycles. The lowest BCUT2D eigenvalue weighted by Crippen LogP contribution is -2.51. The van der Waals surface area contributed by atoms with Crippen LogP contribution < -0.4 is 5.32 Å². The normalized spacial score (nSPS) is 22.0. The third kappa shape index (κ3) is 3.64. The lowest BCUT2D eigenvalue weighted by Gasteiger charge is -2.38. The van der Waals surface area contributed by atoms with Crippen molar-refractivity contribution in [3.05, 3.63) is 28.2 Å². The largest absolute Gasteiger partial charge is 0.329 e. The van der Waals surface area contributed by atoms with Crippen molar-refractivity contribution in [2.45, 2.75) is 52.1 Å². The number of hydrogen-bond acceptors (Lipinski definition) is 2. The Hall–Kier alpha value is -1.36. The van der Waals surface area contributed by atoms with Gasteiger partial charge in [-0.1, -0.05) is 6.07 Å². The predicted molar refractivity (Wildman–Crippen MR) is 87.1 cm³/mol. The van der Waals surface area contributed by atoms with E-state index in [1.807, 2.05) is 32.9 Å². The van der Waals surface area contributed by atoms with Gasteiger partial charge in [0.1, 0.15) is 0 Å². The van der Waals surface area contributed by atoms with Gasteiger partial charge in [0.15, 0.2) is 0 Å². The molecule has 1 fully saturated rings. The molecule has 1 heterocycles. The summed E-state index contributed by atoms with van der Waals surface area (Å²) in [4.78, 5) is 26.3. The van der Waals surface area contributed by atoms with Crippen molar-refractivity contribution < 1.29 is 9.59 Å². The molecular formula is C16H21BrN2O2. The van der Waals surface area contributed by atoms with Crippen LogP contribution in [0.4, 0.5) is 5.69 Å². The van der Waals surface area contributed by atoms with Crippen LogP contribution >= 0.6 is 15.9 Å². The fourth-order valence-electron chi connectivity index (χ4n) is 2.84. The highest BCUT2D eigenvalue weighted by molar-refractivity contribution is 9.10. The molecule has 114 valence electrons. The minimum atomic E-state index is -0.569. The molecule has 0 spiro atoms. The van der Waals surface area contributed by atoms with Crippen LogP contribution in [-0.4, -0.2) is 28.8 Å². The second-order valence-corrected chi connectivity index (χ2v) is 6.63. The highest BCUT2D eigenvalue weighted by Gasteiger charge is 2.32. The van der Waals surface area contributed by atoms with Gasteiger partial charge in [0.2, 0.25) is 0 Å². The lowest BCUT2D eigenvalue weighted by molar-refractivity contribution is -0.147. The first-order chi connectivity index (χ1) is 9.90. The predicted octanol–water partition coefficient (Wildman–Crippen LogP) is 3.49. The number of halogens is 1. The smallest absolute Gasteiger partial charge is 0.313 e. The van der Waals surface area contributed by atoms with Crippen LogP contribution in [0.15, 0.2) is 22.7 Å². The van der Waals surface area contributed by atoms with Gasteiger partial charge >= 0.3 is 11.8 Å². The molecular weight excluding hydrogens is 332 g/mol. The summed E-state index contributed by atoms with van der Waals surface area (Å²) < 4.78 is 0.781. The first-order valence-corrected chi connectivity index (χ1v) is 8.09. The van der Waals surface area contributed by atoms with Gasteiger partial charge in [0, 0.05) is 16.6 Å². The Balaban J connectivity index is 2.10. The summed E-state index contributed by atoms with van der Waals surface area (Å²) in [6.07, 6.45) is 3.02. The summed E-state index contributed by atoms with van der Waals surface area (Å²) >= 11 is 3.40. The number of nitrogens with zero attached hydrogens (tertiary/aromatic N) is 1. The molecule has 1 N–H and O–H groups in total. The monoisotopic (exact) mass is 352 g/mol. The average molecular weight is 353 g/mol. The van der Waals surface area contributed by atoms with Crippen molar-refractivity contribution in [1.82, 2.24) is 4.90 Å². The Labute approximate surface area is 134 Å². The molecule has 1 aliphatic rings. The van der Waals surface area contributed by atoms with Crippen molar-refractivity contribution in [3.8, 4) is 0 Å². The highest BCUT2D eigenvalue weighted by Crippen LogP contribution is 2.25. The van der Waals surface area contributed by atoms with Crippen LogP contribution in [0, 0.1) is 6.92 Å². The molecule has 5 heteroatoms. The van der Waals surface area contributed by atoms with E-state index in [-0.39, 0.29) is 12.1 Å². The summed E-state index contributed by atoms with van der Waals surface area (Å²) in [6.45, 7) is 5.98. The molecule has 1 aliphatic heterocycles. The third-order valence-electron chi connectivity index (χ3n) is 4.00. The van der Waals surface area contributed by atoms with Gasteiger partial charge in [0.05, 0.1) is 5.69 Å². The summed E-state index contributed by atoms with van der Waals surface area (Å²) in [7, 11) is 0. The summed E-state index contributed by atoms with van der Waals surface area (Å²) in [5.41, 5.74) is 1.71. The van der Waals surface area contributed by atoms with Crippen molar-refractivity contribution in [2.24, 2.45) is 0 Å². The third-order valence-corrected chi connectivity index (χ3v) is 4.65. The molecule has 1 aromatic rings. The molecule has 2 atom stereocenters. The number of piperidine rings is 1. The van der Waals surface area contributed by atoms with Crippen molar-refractivity contribution >= 4 is 33.4 Å². The Morgan fingerprint density at radius 2 is 1.86 bits per heavy atom. The number of benzene rings is 1. The molecule has 0 radical (unpaired) electrons. The van der Waals surface area contributed by atoms with E-state index in [0.717, 1.165) is 29.3 Å². The minimum Gasteiger partial charge on any atom is -0.329 e. The topological polar surface area (TPSA) is 49.4 Å². The number of carbonyl (C=O) groups excluding carboxylic acids is 2. The maximum absolute atomic E-state index is 12.4. The van der Waals surface area contributed by atoms with Gasteiger partial charge in [-0.3, -0.25) is 9.59 Å². The van der Waals surface area contributed by atoms with Crippen molar-refractivity contribution in [1.29, 1.82) is 0 Å². The van der Waals surface area contributed by atoms with E-state index in [2.05, 4.69) is 21.2 Å². The molecule has 2 amide bonds. The second kappa shape index (κ2) is 6.60. The van der Waals surface area contributed by atoms with Crippen LogP contribution in [0.5, 0.6) is 0 Å². The lowest BCUT2D eigenvalue weighted by atomic mass is 9.97. The van der Waals surface area contributed by atoms with E-state index in [4.69, 9.17) is 0 Å². The zero-order chi connectivity index (χ0) is 15.6. The van der Waals surface area contributed by atoms with E-state index in [1.165, 1.54) is 0 Å². The fourth-order valence-corrected chi connectivity index (χ4v) is 3.43. The zero-order valence-electron chi connectivity index (χ0n) is 12.6. The van der Waals surface area contributed by atoms with Gasteiger partial charge in [-0.2, -0.15) is 0 Å².